The van der Waals surface area contributed by atoms with E-state index in [9.17, 15) is 13.2 Å². The molecular formula is C16H25F3N2. The van der Waals surface area contributed by atoms with E-state index in [-0.39, 0.29) is 6.04 Å². The first-order chi connectivity index (χ1) is 9.61. The van der Waals surface area contributed by atoms with Crippen molar-refractivity contribution >= 4 is 0 Å². The van der Waals surface area contributed by atoms with Crippen LogP contribution in [0.15, 0.2) is 24.3 Å². The molecule has 2 unspecified atom stereocenters. The van der Waals surface area contributed by atoms with E-state index in [0.29, 0.717) is 18.5 Å². The Kier molecular flexibility index (Phi) is 6.23. The molecule has 0 saturated heterocycles. The Morgan fingerprint density at radius 1 is 1.10 bits per heavy atom. The maximum atomic E-state index is 12.5. The van der Waals surface area contributed by atoms with Crippen LogP contribution in [0.3, 0.4) is 0 Å². The molecule has 0 spiro atoms. The molecule has 0 amide bonds. The van der Waals surface area contributed by atoms with Gasteiger partial charge >= 0.3 is 6.18 Å². The van der Waals surface area contributed by atoms with Crippen molar-refractivity contribution in [2.75, 3.05) is 13.6 Å². The maximum Gasteiger partial charge on any atom is 0.416 e. The summed E-state index contributed by atoms with van der Waals surface area (Å²) in [6.45, 7) is 7.10. The molecule has 2 atom stereocenters. The van der Waals surface area contributed by atoms with Gasteiger partial charge < -0.3 is 10.6 Å². The molecule has 21 heavy (non-hydrogen) atoms. The van der Waals surface area contributed by atoms with Crippen molar-refractivity contribution in [3.63, 3.8) is 0 Å². The number of alkyl halides is 3. The average Bonchev–Trinajstić information content (AvgIpc) is 2.36. The fraction of sp³-hybridized carbons (Fsp3) is 0.625. The topological polar surface area (TPSA) is 29.3 Å². The summed E-state index contributed by atoms with van der Waals surface area (Å²) in [4.78, 5) is 2.16. The van der Waals surface area contributed by atoms with E-state index in [1.54, 1.807) is 0 Å². The van der Waals surface area contributed by atoms with E-state index < -0.39 is 11.7 Å². The minimum Gasteiger partial charge on any atom is -0.323 e. The fourth-order valence-electron chi connectivity index (χ4n) is 2.38. The van der Waals surface area contributed by atoms with Crippen LogP contribution in [0.1, 0.15) is 44.4 Å². The van der Waals surface area contributed by atoms with Crippen molar-refractivity contribution < 1.29 is 13.2 Å². The van der Waals surface area contributed by atoms with E-state index in [1.807, 2.05) is 7.05 Å². The molecule has 0 aliphatic carbocycles. The lowest BCUT2D eigenvalue weighted by atomic mass is 10.0. The molecule has 1 aromatic rings. The van der Waals surface area contributed by atoms with E-state index in [2.05, 4.69) is 25.7 Å². The van der Waals surface area contributed by atoms with Crippen LogP contribution in [-0.2, 0) is 6.18 Å². The predicted molar refractivity (Wildman–Crippen MR) is 79.9 cm³/mol. The number of nitrogens with zero attached hydrogens (tertiary/aromatic N) is 1. The van der Waals surface area contributed by atoms with E-state index in [0.717, 1.165) is 24.1 Å². The Labute approximate surface area is 125 Å². The van der Waals surface area contributed by atoms with Gasteiger partial charge in [-0.1, -0.05) is 26.0 Å². The highest BCUT2D eigenvalue weighted by Crippen LogP contribution is 2.29. The summed E-state index contributed by atoms with van der Waals surface area (Å²) in [6, 6.07) is 5.22. The van der Waals surface area contributed by atoms with Crippen LogP contribution in [0.25, 0.3) is 0 Å². The average molecular weight is 302 g/mol. The molecule has 0 heterocycles. The Bertz CT molecular complexity index is 426. The van der Waals surface area contributed by atoms with Gasteiger partial charge in [-0.15, -0.1) is 0 Å². The predicted octanol–water partition coefficient (Wildman–Crippen LogP) is 4.07. The smallest absolute Gasteiger partial charge is 0.323 e. The van der Waals surface area contributed by atoms with Crippen molar-refractivity contribution in [3.05, 3.63) is 35.4 Å². The second-order valence-corrected chi connectivity index (χ2v) is 6.14. The van der Waals surface area contributed by atoms with E-state index in [1.165, 1.54) is 12.1 Å². The van der Waals surface area contributed by atoms with Gasteiger partial charge in [-0.3, -0.25) is 0 Å². The summed E-state index contributed by atoms with van der Waals surface area (Å²) >= 11 is 0. The minimum atomic E-state index is -4.30. The largest absolute Gasteiger partial charge is 0.416 e. The zero-order valence-corrected chi connectivity index (χ0v) is 13.1. The Balaban J connectivity index is 2.65. The number of hydrogen-bond acceptors (Lipinski definition) is 2. The highest BCUT2D eigenvalue weighted by molar-refractivity contribution is 5.26. The summed E-state index contributed by atoms with van der Waals surface area (Å²) in [6.07, 6.45) is -3.23. The second-order valence-electron chi connectivity index (χ2n) is 6.14. The molecule has 0 radical (unpaired) electrons. The van der Waals surface area contributed by atoms with E-state index >= 15 is 0 Å². The van der Waals surface area contributed by atoms with Gasteiger partial charge in [0.1, 0.15) is 0 Å². The molecule has 0 bridgehead atoms. The molecule has 0 aromatic heterocycles. The molecule has 0 saturated carbocycles. The Morgan fingerprint density at radius 2 is 1.62 bits per heavy atom. The SMILES string of the molecule is CC(C)CC(C)N(C)CC(N)c1ccc(C(F)(F)F)cc1. The fourth-order valence-corrected chi connectivity index (χ4v) is 2.38. The number of halogens is 3. The van der Waals surface area contributed by atoms with Gasteiger partial charge in [-0.25, -0.2) is 0 Å². The highest BCUT2D eigenvalue weighted by Gasteiger charge is 2.30. The quantitative estimate of drug-likeness (QED) is 0.858. The Morgan fingerprint density at radius 3 is 2.05 bits per heavy atom. The molecule has 0 fully saturated rings. The number of hydrogen-bond donors (Lipinski definition) is 1. The van der Waals surface area contributed by atoms with Crippen LogP contribution < -0.4 is 5.73 Å². The van der Waals surface area contributed by atoms with Crippen molar-refractivity contribution in [3.8, 4) is 0 Å². The van der Waals surface area contributed by atoms with Crippen molar-refractivity contribution in [2.24, 2.45) is 11.7 Å². The molecule has 1 rings (SSSR count). The highest BCUT2D eigenvalue weighted by atomic mass is 19.4. The first-order valence-electron chi connectivity index (χ1n) is 7.24. The van der Waals surface area contributed by atoms with Gasteiger partial charge in [0.2, 0.25) is 0 Å². The summed E-state index contributed by atoms with van der Waals surface area (Å²) in [7, 11) is 2.00. The second kappa shape index (κ2) is 7.27. The summed E-state index contributed by atoms with van der Waals surface area (Å²) in [5, 5.41) is 0. The number of likely N-dealkylation sites (N-methyl/N-ethyl adjacent to an activating group) is 1. The molecule has 0 aliphatic heterocycles. The van der Waals surface area contributed by atoms with Crippen molar-refractivity contribution in [1.82, 2.24) is 4.90 Å². The van der Waals surface area contributed by atoms with Gasteiger partial charge in [0.15, 0.2) is 0 Å². The lowest BCUT2D eigenvalue weighted by Gasteiger charge is -2.28. The van der Waals surface area contributed by atoms with Gasteiger partial charge in [0.05, 0.1) is 5.56 Å². The maximum absolute atomic E-state index is 12.5. The normalized spacial score (nSPS) is 15.5. The summed E-state index contributed by atoms with van der Waals surface area (Å²) in [5.74, 6) is 0.602. The molecule has 2 N–H and O–H groups in total. The van der Waals surface area contributed by atoms with Crippen LogP contribution in [0, 0.1) is 5.92 Å². The number of benzene rings is 1. The van der Waals surface area contributed by atoms with Crippen molar-refractivity contribution in [2.45, 2.75) is 45.5 Å². The molecule has 0 aliphatic rings. The summed E-state index contributed by atoms with van der Waals surface area (Å²) < 4.78 is 37.6. The lowest BCUT2D eigenvalue weighted by molar-refractivity contribution is -0.137. The standard InChI is InChI=1S/C16H25F3N2/c1-11(2)9-12(3)21(4)10-15(20)13-5-7-14(8-6-13)16(17,18)19/h5-8,11-12,15H,9-10,20H2,1-4H3. The molecule has 2 nitrogen and oxygen atoms in total. The number of nitrogens with two attached hydrogens (primary N) is 1. The minimum absolute atomic E-state index is 0.285. The molecular weight excluding hydrogens is 277 g/mol. The molecule has 5 heteroatoms. The van der Waals surface area contributed by atoms with Crippen LogP contribution in [-0.4, -0.2) is 24.5 Å². The van der Waals surface area contributed by atoms with Gasteiger partial charge in [-0.2, -0.15) is 13.2 Å². The third-order valence-corrected chi connectivity index (χ3v) is 3.72. The van der Waals surface area contributed by atoms with Gasteiger partial charge in [0, 0.05) is 18.6 Å². The zero-order chi connectivity index (χ0) is 16.2. The van der Waals surface area contributed by atoms with Crippen LogP contribution >= 0.6 is 0 Å². The molecule has 1 aromatic carbocycles. The third kappa shape index (κ3) is 5.67. The van der Waals surface area contributed by atoms with Crippen LogP contribution in [0.4, 0.5) is 13.2 Å². The van der Waals surface area contributed by atoms with Crippen LogP contribution in [0.5, 0.6) is 0 Å². The third-order valence-electron chi connectivity index (χ3n) is 3.72. The number of rotatable bonds is 6. The lowest BCUT2D eigenvalue weighted by Crippen LogP contribution is -2.36. The first-order valence-corrected chi connectivity index (χ1v) is 7.24. The first kappa shape index (κ1) is 18.0. The van der Waals surface area contributed by atoms with Crippen LogP contribution in [0.2, 0.25) is 0 Å². The summed E-state index contributed by atoms with van der Waals surface area (Å²) in [5.41, 5.74) is 6.19. The van der Waals surface area contributed by atoms with E-state index in [4.69, 9.17) is 5.73 Å². The Hall–Kier alpha value is -1.07. The zero-order valence-electron chi connectivity index (χ0n) is 13.1. The monoisotopic (exact) mass is 302 g/mol. The van der Waals surface area contributed by atoms with Gasteiger partial charge in [0.25, 0.3) is 0 Å². The molecule has 120 valence electrons. The van der Waals surface area contributed by atoms with Gasteiger partial charge in [-0.05, 0) is 44.0 Å². The van der Waals surface area contributed by atoms with Crippen molar-refractivity contribution in [1.29, 1.82) is 0 Å².